The standard InChI is InChI=1S/C20H21ClN4O/c1-26-18-7-5-16(6-8-18)14-24-20-23-12-10-19(25-20)22-11-9-15-3-2-4-17(21)13-15/h2-8,10,12-13H,9,11,14H2,1H3,(H2,22,23,24,25). The Labute approximate surface area is 158 Å². The van der Waals surface area contributed by atoms with Crippen LogP contribution < -0.4 is 15.4 Å². The van der Waals surface area contributed by atoms with Crippen LogP contribution in [-0.4, -0.2) is 23.6 Å². The van der Waals surface area contributed by atoms with E-state index in [9.17, 15) is 0 Å². The van der Waals surface area contributed by atoms with Gasteiger partial charge in [0.25, 0.3) is 0 Å². The van der Waals surface area contributed by atoms with Gasteiger partial charge in [0, 0.05) is 24.3 Å². The summed E-state index contributed by atoms with van der Waals surface area (Å²) in [6.07, 6.45) is 2.62. The second kappa shape index (κ2) is 9.06. The first-order chi connectivity index (χ1) is 12.7. The molecule has 2 N–H and O–H groups in total. The summed E-state index contributed by atoms with van der Waals surface area (Å²) < 4.78 is 5.16. The van der Waals surface area contributed by atoms with Crippen molar-refractivity contribution in [1.29, 1.82) is 0 Å². The summed E-state index contributed by atoms with van der Waals surface area (Å²) in [5.41, 5.74) is 2.32. The minimum Gasteiger partial charge on any atom is -0.497 e. The average Bonchev–Trinajstić information content (AvgIpc) is 2.67. The Bertz CT molecular complexity index is 839. The number of nitrogens with one attached hydrogen (secondary N) is 2. The Kier molecular flexibility index (Phi) is 6.28. The van der Waals surface area contributed by atoms with Crippen molar-refractivity contribution < 1.29 is 4.74 Å². The van der Waals surface area contributed by atoms with E-state index in [1.54, 1.807) is 13.3 Å². The molecule has 1 heterocycles. The lowest BCUT2D eigenvalue weighted by molar-refractivity contribution is 0.414. The first-order valence-corrected chi connectivity index (χ1v) is 8.79. The van der Waals surface area contributed by atoms with E-state index in [1.807, 2.05) is 48.5 Å². The maximum absolute atomic E-state index is 6.01. The van der Waals surface area contributed by atoms with E-state index in [-0.39, 0.29) is 0 Å². The van der Waals surface area contributed by atoms with Gasteiger partial charge in [-0.25, -0.2) is 4.98 Å². The monoisotopic (exact) mass is 368 g/mol. The molecule has 26 heavy (non-hydrogen) atoms. The number of benzene rings is 2. The Morgan fingerprint density at radius 2 is 1.85 bits per heavy atom. The van der Waals surface area contributed by atoms with Crippen LogP contribution in [0.5, 0.6) is 5.75 Å². The molecule has 1 aromatic heterocycles. The van der Waals surface area contributed by atoms with E-state index in [4.69, 9.17) is 16.3 Å². The number of aromatic nitrogens is 2. The van der Waals surface area contributed by atoms with Gasteiger partial charge < -0.3 is 15.4 Å². The molecule has 0 unspecified atom stereocenters. The van der Waals surface area contributed by atoms with E-state index in [1.165, 1.54) is 5.56 Å². The molecule has 0 atom stereocenters. The van der Waals surface area contributed by atoms with E-state index in [2.05, 4.69) is 26.7 Å². The molecule has 0 spiro atoms. The third kappa shape index (κ3) is 5.36. The highest BCUT2D eigenvalue weighted by atomic mass is 35.5. The average molecular weight is 369 g/mol. The maximum Gasteiger partial charge on any atom is 0.224 e. The Morgan fingerprint density at radius 1 is 1.00 bits per heavy atom. The van der Waals surface area contributed by atoms with Crippen molar-refractivity contribution in [3.63, 3.8) is 0 Å². The second-order valence-corrected chi connectivity index (χ2v) is 6.21. The molecule has 3 aromatic rings. The lowest BCUT2D eigenvalue weighted by atomic mass is 10.1. The highest BCUT2D eigenvalue weighted by Gasteiger charge is 2.01. The Hall–Kier alpha value is -2.79. The van der Waals surface area contributed by atoms with Crippen molar-refractivity contribution in [2.24, 2.45) is 0 Å². The number of nitrogens with zero attached hydrogens (tertiary/aromatic N) is 2. The van der Waals surface area contributed by atoms with Gasteiger partial charge in [-0.3, -0.25) is 0 Å². The number of ether oxygens (including phenoxy) is 1. The first-order valence-electron chi connectivity index (χ1n) is 8.41. The third-order valence-corrected chi connectivity index (χ3v) is 4.11. The number of hydrogen-bond acceptors (Lipinski definition) is 5. The lowest BCUT2D eigenvalue weighted by Crippen LogP contribution is -2.09. The van der Waals surface area contributed by atoms with Crippen molar-refractivity contribution in [1.82, 2.24) is 9.97 Å². The highest BCUT2D eigenvalue weighted by molar-refractivity contribution is 6.30. The summed E-state index contributed by atoms with van der Waals surface area (Å²) in [5.74, 6) is 2.23. The van der Waals surface area contributed by atoms with Crippen molar-refractivity contribution in [3.8, 4) is 5.75 Å². The normalized spacial score (nSPS) is 10.4. The number of hydrogen-bond donors (Lipinski definition) is 2. The molecule has 0 bridgehead atoms. The van der Waals surface area contributed by atoms with Crippen molar-refractivity contribution in [2.45, 2.75) is 13.0 Å². The molecule has 0 aliphatic rings. The summed E-state index contributed by atoms with van der Waals surface area (Å²) in [6.45, 7) is 1.42. The molecule has 2 aromatic carbocycles. The molecule has 6 heteroatoms. The molecule has 134 valence electrons. The second-order valence-electron chi connectivity index (χ2n) is 5.77. The summed E-state index contributed by atoms with van der Waals surface area (Å²) >= 11 is 6.01. The largest absolute Gasteiger partial charge is 0.497 e. The van der Waals surface area contributed by atoms with Crippen LogP contribution in [0.3, 0.4) is 0 Å². The number of anilines is 2. The summed E-state index contributed by atoms with van der Waals surface area (Å²) in [6, 6.07) is 17.6. The van der Waals surface area contributed by atoms with Gasteiger partial charge in [-0.15, -0.1) is 0 Å². The van der Waals surface area contributed by atoms with Gasteiger partial charge in [0.15, 0.2) is 0 Å². The molecule has 0 aliphatic carbocycles. The maximum atomic E-state index is 6.01. The smallest absolute Gasteiger partial charge is 0.224 e. The molecule has 0 fully saturated rings. The summed E-state index contributed by atoms with van der Waals surface area (Å²) in [7, 11) is 1.66. The molecule has 3 rings (SSSR count). The molecule has 0 saturated heterocycles. The van der Waals surface area contributed by atoms with Crippen LogP contribution in [0.2, 0.25) is 5.02 Å². The van der Waals surface area contributed by atoms with Crippen LogP contribution in [-0.2, 0) is 13.0 Å². The number of rotatable bonds is 8. The Balaban J connectivity index is 1.50. The van der Waals surface area contributed by atoms with Gasteiger partial charge in [0.05, 0.1) is 7.11 Å². The first kappa shape index (κ1) is 18.0. The summed E-state index contributed by atoms with van der Waals surface area (Å²) in [4.78, 5) is 8.75. The SMILES string of the molecule is COc1ccc(CNc2nccc(NCCc3cccc(Cl)c3)n2)cc1. The molecular weight excluding hydrogens is 348 g/mol. The van der Waals surface area contributed by atoms with Gasteiger partial charge in [0.1, 0.15) is 11.6 Å². The quantitative estimate of drug-likeness (QED) is 0.617. The van der Waals surface area contributed by atoms with Crippen LogP contribution in [0.4, 0.5) is 11.8 Å². The van der Waals surface area contributed by atoms with Gasteiger partial charge in [0.2, 0.25) is 5.95 Å². The fourth-order valence-electron chi connectivity index (χ4n) is 2.49. The van der Waals surface area contributed by atoms with Crippen LogP contribution in [0.15, 0.2) is 60.8 Å². The van der Waals surface area contributed by atoms with E-state index in [0.717, 1.165) is 35.1 Å². The van der Waals surface area contributed by atoms with Gasteiger partial charge in [-0.2, -0.15) is 4.98 Å². The van der Waals surface area contributed by atoms with Crippen LogP contribution >= 0.6 is 11.6 Å². The molecule has 0 radical (unpaired) electrons. The van der Waals surface area contributed by atoms with Gasteiger partial charge >= 0.3 is 0 Å². The molecule has 0 aliphatic heterocycles. The van der Waals surface area contributed by atoms with Crippen molar-refractivity contribution >= 4 is 23.4 Å². The van der Waals surface area contributed by atoms with Crippen LogP contribution in [0, 0.1) is 0 Å². The number of halogens is 1. The molecule has 0 saturated carbocycles. The topological polar surface area (TPSA) is 59.1 Å². The predicted octanol–water partition coefficient (Wildman–Crippen LogP) is 4.41. The van der Waals surface area contributed by atoms with Crippen molar-refractivity contribution in [2.75, 3.05) is 24.3 Å². The van der Waals surface area contributed by atoms with Crippen molar-refractivity contribution in [3.05, 3.63) is 76.9 Å². The molecule has 0 amide bonds. The zero-order valence-corrected chi connectivity index (χ0v) is 15.3. The predicted molar refractivity (Wildman–Crippen MR) is 106 cm³/mol. The third-order valence-electron chi connectivity index (χ3n) is 3.87. The van der Waals surface area contributed by atoms with Gasteiger partial charge in [-0.05, 0) is 47.9 Å². The Morgan fingerprint density at radius 3 is 2.62 bits per heavy atom. The summed E-state index contributed by atoms with van der Waals surface area (Å²) in [5, 5.41) is 7.31. The molecule has 5 nitrogen and oxygen atoms in total. The van der Waals surface area contributed by atoms with Gasteiger partial charge in [-0.1, -0.05) is 35.9 Å². The van der Waals surface area contributed by atoms with E-state index < -0.39 is 0 Å². The number of methoxy groups -OCH3 is 1. The minimum absolute atomic E-state index is 0.591. The van der Waals surface area contributed by atoms with Crippen LogP contribution in [0.25, 0.3) is 0 Å². The fraction of sp³-hybridized carbons (Fsp3) is 0.200. The van der Waals surface area contributed by atoms with Crippen LogP contribution in [0.1, 0.15) is 11.1 Å². The minimum atomic E-state index is 0.591. The zero-order valence-electron chi connectivity index (χ0n) is 14.6. The lowest BCUT2D eigenvalue weighted by Gasteiger charge is -2.09. The van der Waals surface area contributed by atoms with E-state index in [0.29, 0.717) is 12.5 Å². The highest BCUT2D eigenvalue weighted by Crippen LogP contribution is 2.14. The van der Waals surface area contributed by atoms with E-state index >= 15 is 0 Å². The zero-order chi connectivity index (χ0) is 18.2. The fourth-order valence-corrected chi connectivity index (χ4v) is 2.71. The molecular formula is C20H21ClN4O.